The van der Waals surface area contributed by atoms with Gasteiger partial charge in [0.05, 0.1) is 0 Å². The van der Waals surface area contributed by atoms with Gasteiger partial charge in [0, 0.05) is 11.4 Å². The minimum absolute atomic E-state index is 0. The fourth-order valence-electron chi connectivity index (χ4n) is 1.21. The van der Waals surface area contributed by atoms with Gasteiger partial charge in [-0.2, -0.15) is 0 Å². The minimum atomic E-state index is 0. The van der Waals surface area contributed by atoms with Crippen LogP contribution in [0.5, 0.6) is 0 Å². The van der Waals surface area contributed by atoms with Crippen LogP contribution >= 0.6 is 24.0 Å². The summed E-state index contributed by atoms with van der Waals surface area (Å²) >= 11 is 0. The molecule has 2 aromatic rings. The van der Waals surface area contributed by atoms with Crippen LogP contribution in [-0.4, -0.2) is 0 Å². The van der Waals surface area contributed by atoms with Crippen molar-refractivity contribution in [3.8, 4) is 0 Å². The lowest BCUT2D eigenvalue weighted by Gasteiger charge is -2.04. The van der Waals surface area contributed by atoms with Crippen molar-refractivity contribution in [2.75, 3.05) is 5.32 Å². The first-order chi connectivity index (χ1) is 6.45. The second kappa shape index (κ2) is 5.65. The monoisotopic (exact) mass is 297 g/mol. The summed E-state index contributed by atoms with van der Waals surface area (Å²) in [7, 11) is 0. The van der Waals surface area contributed by atoms with Crippen LogP contribution in [-0.2, 0) is 0 Å². The molecule has 72 valence electrons. The summed E-state index contributed by atoms with van der Waals surface area (Å²) in [5.41, 5.74) is 2.24. The summed E-state index contributed by atoms with van der Waals surface area (Å²) in [6.45, 7) is 0. The van der Waals surface area contributed by atoms with Crippen LogP contribution in [0.25, 0.3) is 0 Å². The fourth-order valence-corrected chi connectivity index (χ4v) is 1.21. The SMILES string of the molecule is I.c1ccc(Nc2ccccc2)cc1. The highest BCUT2D eigenvalue weighted by Gasteiger charge is 1.89. The standard InChI is InChI=1S/C12H11N.HI/c1-3-7-11(8-4-1)13-12-9-5-2-6-10-12;/h1-10,13H;1H. The van der Waals surface area contributed by atoms with Crippen molar-refractivity contribution in [3.63, 3.8) is 0 Å². The predicted molar refractivity (Wildman–Crippen MR) is 71.6 cm³/mol. The predicted octanol–water partition coefficient (Wildman–Crippen LogP) is 4.05. The van der Waals surface area contributed by atoms with Crippen LogP contribution in [0.2, 0.25) is 0 Å². The van der Waals surface area contributed by atoms with E-state index in [0.29, 0.717) is 0 Å². The van der Waals surface area contributed by atoms with Gasteiger partial charge in [-0.3, -0.25) is 0 Å². The third-order valence-electron chi connectivity index (χ3n) is 1.84. The Morgan fingerprint density at radius 3 is 1.29 bits per heavy atom. The first-order valence-electron chi connectivity index (χ1n) is 4.32. The molecule has 2 aromatic carbocycles. The quantitative estimate of drug-likeness (QED) is 0.825. The maximum atomic E-state index is 3.30. The molecule has 0 spiro atoms. The number of halogens is 1. The molecule has 0 heterocycles. The van der Waals surface area contributed by atoms with Gasteiger partial charge in [0.15, 0.2) is 0 Å². The van der Waals surface area contributed by atoms with Crippen LogP contribution in [0.4, 0.5) is 11.4 Å². The molecule has 0 aromatic heterocycles. The molecule has 0 aliphatic heterocycles. The molecule has 2 rings (SSSR count). The van der Waals surface area contributed by atoms with Gasteiger partial charge in [-0.05, 0) is 24.3 Å². The van der Waals surface area contributed by atoms with Crippen molar-refractivity contribution in [2.45, 2.75) is 0 Å². The summed E-state index contributed by atoms with van der Waals surface area (Å²) in [5.74, 6) is 0. The highest BCUT2D eigenvalue weighted by molar-refractivity contribution is 14.0. The molecule has 0 radical (unpaired) electrons. The largest absolute Gasteiger partial charge is 0.356 e. The Labute approximate surface area is 101 Å². The van der Waals surface area contributed by atoms with Gasteiger partial charge in [0.25, 0.3) is 0 Å². The Morgan fingerprint density at radius 2 is 0.929 bits per heavy atom. The Kier molecular flexibility index (Phi) is 4.46. The molecule has 2 heteroatoms. The maximum Gasteiger partial charge on any atom is 0.0384 e. The second-order valence-corrected chi connectivity index (χ2v) is 2.86. The van der Waals surface area contributed by atoms with E-state index in [9.17, 15) is 0 Å². The van der Waals surface area contributed by atoms with Crippen molar-refractivity contribution in [2.24, 2.45) is 0 Å². The number of hydrogen-bond donors (Lipinski definition) is 1. The van der Waals surface area contributed by atoms with Crippen LogP contribution in [0.15, 0.2) is 60.7 Å². The first-order valence-corrected chi connectivity index (χ1v) is 4.32. The smallest absolute Gasteiger partial charge is 0.0384 e. The molecule has 0 saturated heterocycles. The third kappa shape index (κ3) is 3.03. The maximum absolute atomic E-state index is 3.30. The lowest BCUT2D eigenvalue weighted by molar-refractivity contribution is 1.55. The van der Waals surface area contributed by atoms with E-state index < -0.39 is 0 Å². The van der Waals surface area contributed by atoms with E-state index in [1.165, 1.54) is 0 Å². The van der Waals surface area contributed by atoms with Gasteiger partial charge >= 0.3 is 0 Å². The normalized spacial score (nSPS) is 8.86. The number of hydrogen-bond acceptors (Lipinski definition) is 1. The third-order valence-corrected chi connectivity index (χ3v) is 1.84. The number of nitrogens with one attached hydrogen (secondary N) is 1. The number of anilines is 2. The van der Waals surface area contributed by atoms with E-state index >= 15 is 0 Å². The summed E-state index contributed by atoms with van der Waals surface area (Å²) in [6, 6.07) is 20.3. The Hall–Kier alpha value is -1.03. The molecule has 0 aliphatic carbocycles. The molecule has 0 fully saturated rings. The summed E-state index contributed by atoms with van der Waals surface area (Å²) < 4.78 is 0. The summed E-state index contributed by atoms with van der Waals surface area (Å²) in [6.07, 6.45) is 0. The number of rotatable bonds is 2. The summed E-state index contributed by atoms with van der Waals surface area (Å²) in [4.78, 5) is 0. The minimum Gasteiger partial charge on any atom is -0.356 e. The molecule has 0 amide bonds. The highest BCUT2D eigenvalue weighted by atomic mass is 127. The highest BCUT2D eigenvalue weighted by Crippen LogP contribution is 2.14. The Morgan fingerprint density at radius 1 is 0.571 bits per heavy atom. The molecule has 0 unspecified atom stereocenters. The van der Waals surface area contributed by atoms with Gasteiger partial charge in [-0.15, -0.1) is 24.0 Å². The van der Waals surface area contributed by atoms with E-state index in [4.69, 9.17) is 0 Å². The van der Waals surface area contributed by atoms with E-state index in [1.54, 1.807) is 0 Å². The number of para-hydroxylation sites is 2. The van der Waals surface area contributed by atoms with Crippen LogP contribution < -0.4 is 5.32 Å². The van der Waals surface area contributed by atoms with Crippen LogP contribution in [0.1, 0.15) is 0 Å². The second-order valence-electron chi connectivity index (χ2n) is 2.86. The van der Waals surface area contributed by atoms with Crippen molar-refractivity contribution in [1.29, 1.82) is 0 Å². The van der Waals surface area contributed by atoms with Gasteiger partial charge in [-0.1, -0.05) is 36.4 Å². The van der Waals surface area contributed by atoms with Gasteiger partial charge in [0.2, 0.25) is 0 Å². The zero-order valence-electron chi connectivity index (χ0n) is 7.68. The zero-order chi connectivity index (χ0) is 8.93. The van der Waals surface area contributed by atoms with E-state index in [0.717, 1.165) is 11.4 Å². The van der Waals surface area contributed by atoms with E-state index in [2.05, 4.69) is 5.32 Å². The Balaban J connectivity index is 0.000000980. The van der Waals surface area contributed by atoms with Crippen molar-refractivity contribution < 1.29 is 0 Å². The first kappa shape index (κ1) is 11.0. The average molecular weight is 297 g/mol. The lowest BCUT2D eigenvalue weighted by atomic mass is 10.3. The summed E-state index contributed by atoms with van der Waals surface area (Å²) in [5, 5.41) is 3.30. The lowest BCUT2D eigenvalue weighted by Crippen LogP contribution is -1.87. The molecular weight excluding hydrogens is 285 g/mol. The van der Waals surface area contributed by atoms with Crippen molar-refractivity contribution >= 4 is 35.4 Å². The van der Waals surface area contributed by atoms with Gasteiger partial charge in [0.1, 0.15) is 0 Å². The fraction of sp³-hybridized carbons (Fsp3) is 0. The van der Waals surface area contributed by atoms with Crippen molar-refractivity contribution in [1.82, 2.24) is 0 Å². The number of benzene rings is 2. The van der Waals surface area contributed by atoms with Gasteiger partial charge < -0.3 is 5.32 Å². The molecule has 1 nitrogen and oxygen atoms in total. The average Bonchev–Trinajstić information content (AvgIpc) is 2.21. The molecule has 1 N–H and O–H groups in total. The van der Waals surface area contributed by atoms with E-state index in [-0.39, 0.29) is 24.0 Å². The van der Waals surface area contributed by atoms with Crippen LogP contribution in [0, 0.1) is 0 Å². The molecule has 0 bridgehead atoms. The molecule has 0 atom stereocenters. The van der Waals surface area contributed by atoms with Crippen molar-refractivity contribution in [3.05, 3.63) is 60.7 Å². The van der Waals surface area contributed by atoms with Gasteiger partial charge in [-0.25, -0.2) is 0 Å². The zero-order valence-corrected chi connectivity index (χ0v) is 10.0. The molecule has 0 aliphatic rings. The van der Waals surface area contributed by atoms with E-state index in [1.807, 2.05) is 60.7 Å². The van der Waals surface area contributed by atoms with Crippen LogP contribution in [0.3, 0.4) is 0 Å². The topological polar surface area (TPSA) is 12.0 Å². The Bertz CT molecular complexity index is 321. The molecule has 0 saturated carbocycles. The molecular formula is C12H12IN. The molecule has 14 heavy (non-hydrogen) atoms.